The van der Waals surface area contributed by atoms with E-state index in [1.807, 2.05) is 0 Å². The highest BCUT2D eigenvalue weighted by Crippen LogP contribution is 2.34. The van der Waals surface area contributed by atoms with Crippen molar-refractivity contribution in [2.45, 2.75) is 43.6 Å². The number of sulfone groups is 1. The van der Waals surface area contributed by atoms with Gasteiger partial charge in [0.2, 0.25) is 0 Å². The molecule has 0 amide bonds. The molecule has 1 atom stereocenters. The first-order chi connectivity index (χ1) is 8.64. The van der Waals surface area contributed by atoms with Crippen LogP contribution in [0, 0.1) is 0 Å². The van der Waals surface area contributed by atoms with E-state index in [2.05, 4.69) is 15.5 Å². The van der Waals surface area contributed by atoms with Gasteiger partial charge in [-0.15, -0.1) is 5.10 Å². The van der Waals surface area contributed by atoms with Crippen LogP contribution in [0.25, 0.3) is 0 Å². The highest BCUT2D eigenvalue weighted by atomic mass is 32.2. The second-order valence-electron chi connectivity index (χ2n) is 4.96. The van der Waals surface area contributed by atoms with Gasteiger partial charge < -0.3 is 4.74 Å². The van der Waals surface area contributed by atoms with Gasteiger partial charge in [-0.25, -0.2) is 13.1 Å². The van der Waals surface area contributed by atoms with Crippen LogP contribution in [-0.4, -0.2) is 47.1 Å². The maximum Gasteiger partial charge on any atom is 0.166 e. The van der Waals surface area contributed by atoms with E-state index in [9.17, 15) is 8.42 Å². The minimum Gasteiger partial charge on any atom is -0.377 e. The number of hydrogen-bond acceptors (Lipinski definition) is 6. The summed E-state index contributed by atoms with van der Waals surface area (Å²) in [6.45, 7) is 0.667. The van der Waals surface area contributed by atoms with Crippen molar-refractivity contribution in [1.82, 2.24) is 20.2 Å². The fourth-order valence-corrected chi connectivity index (χ4v) is 3.76. The van der Waals surface area contributed by atoms with Gasteiger partial charge in [-0.2, -0.15) is 0 Å². The van der Waals surface area contributed by atoms with Crippen LogP contribution in [0.15, 0.2) is 0 Å². The summed E-state index contributed by atoms with van der Waals surface area (Å²) in [6, 6.07) is 0.299. The van der Waals surface area contributed by atoms with Gasteiger partial charge >= 0.3 is 0 Å². The predicted molar refractivity (Wildman–Crippen MR) is 62.6 cm³/mol. The number of aromatic nitrogens is 4. The molecule has 100 valence electrons. The fraction of sp³-hybridized carbons (Fsp3) is 0.900. The van der Waals surface area contributed by atoms with Crippen molar-refractivity contribution in [1.29, 1.82) is 0 Å². The van der Waals surface area contributed by atoms with Crippen LogP contribution >= 0.6 is 0 Å². The molecule has 2 heterocycles. The highest BCUT2D eigenvalue weighted by Gasteiger charge is 2.30. The molecule has 0 aromatic carbocycles. The molecular formula is C10H16N4O3S. The fourth-order valence-electron chi connectivity index (χ4n) is 2.22. The smallest absolute Gasteiger partial charge is 0.166 e. The quantitative estimate of drug-likeness (QED) is 0.755. The van der Waals surface area contributed by atoms with Gasteiger partial charge in [-0.1, -0.05) is 0 Å². The number of rotatable bonds is 5. The standard InChI is InChI=1S/C10H16N4O3S/c15-18(16,6-9-2-1-5-17-9)7-10-11-12-13-14(10)8-3-4-8/h8-9H,1-7H2/t9-/m0/s1. The molecule has 0 spiro atoms. The molecule has 1 aromatic rings. The second-order valence-corrected chi connectivity index (χ2v) is 7.07. The predicted octanol–water partition coefficient (Wildman–Crippen LogP) is 0.102. The van der Waals surface area contributed by atoms with E-state index >= 15 is 0 Å². The summed E-state index contributed by atoms with van der Waals surface area (Å²) >= 11 is 0. The number of nitrogens with zero attached hydrogens (tertiary/aromatic N) is 4. The molecule has 3 rings (SSSR count). The van der Waals surface area contributed by atoms with Gasteiger partial charge in [0.15, 0.2) is 15.7 Å². The van der Waals surface area contributed by atoms with Gasteiger partial charge in [0.1, 0.15) is 5.75 Å². The third kappa shape index (κ3) is 2.69. The van der Waals surface area contributed by atoms with Crippen molar-refractivity contribution in [2.75, 3.05) is 12.4 Å². The van der Waals surface area contributed by atoms with Crippen LogP contribution < -0.4 is 0 Å². The Morgan fingerprint density at radius 2 is 2.17 bits per heavy atom. The lowest BCUT2D eigenvalue weighted by Crippen LogP contribution is -2.22. The Hall–Kier alpha value is -1.02. The van der Waals surface area contributed by atoms with E-state index in [4.69, 9.17) is 4.74 Å². The summed E-state index contributed by atoms with van der Waals surface area (Å²) in [5.41, 5.74) is 0. The van der Waals surface area contributed by atoms with Crippen LogP contribution in [0.2, 0.25) is 0 Å². The molecule has 0 radical (unpaired) electrons. The Labute approximate surface area is 105 Å². The molecule has 7 nitrogen and oxygen atoms in total. The Morgan fingerprint density at radius 3 is 2.83 bits per heavy atom. The first-order valence-electron chi connectivity index (χ1n) is 6.23. The number of tetrazole rings is 1. The topological polar surface area (TPSA) is 87.0 Å². The molecule has 1 saturated carbocycles. The van der Waals surface area contributed by atoms with E-state index in [0.717, 1.165) is 25.7 Å². The van der Waals surface area contributed by atoms with Crippen molar-refractivity contribution in [3.05, 3.63) is 5.82 Å². The van der Waals surface area contributed by atoms with Crippen LogP contribution in [0.5, 0.6) is 0 Å². The Bertz CT molecular complexity index is 517. The molecule has 1 aliphatic heterocycles. The van der Waals surface area contributed by atoms with Crippen molar-refractivity contribution in [3.8, 4) is 0 Å². The lowest BCUT2D eigenvalue weighted by atomic mass is 10.3. The molecular weight excluding hydrogens is 256 g/mol. The van der Waals surface area contributed by atoms with Crippen molar-refractivity contribution in [2.24, 2.45) is 0 Å². The molecule has 2 aliphatic rings. The molecule has 0 N–H and O–H groups in total. The van der Waals surface area contributed by atoms with Gasteiger partial charge in [0, 0.05) is 6.61 Å². The second kappa shape index (κ2) is 4.58. The summed E-state index contributed by atoms with van der Waals surface area (Å²) in [7, 11) is -3.20. The first kappa shape index (κ1) is 12.0. The van der Waals surface area contributed by atoms with Crippen molar-refractivity contribution in [3.63, 3.8) is 0 Å². The molecule has 8 heteroatoms. The Morgan fingerprint density at radius 1 is 1.33 bits per heavy atom. The zero-order chi connectivity index (χ0) is 12.6. The summed E-state index contributed by atoms with van der Waals surface area (Å²) in [5.74, 6) is 0.441. The van der Waals surface area contributed by atoms with E-state index in [0.29, 0.717) is 18.5 Å². The van der Waals surface area contributed by atoms with Crippen LogP contribution in [-0.2, 0) is 20.3 Å². The van der Waals surface area contributed by atoms with Crippen LogP contribution in [0.3, 0.4) is 0 Å². The SMILES string of the molecule is O=S(=O)(Cc1nnnn1C1CC1)C[C@@H]1CCCO1. The normalized spacial score (nSPS) is 24.6. The van der Waals surface area contributed by atoms with Gasteiger partial charge in [0.05, 0.1) is 17.9 Å². The van der Waals surface area contributed by atoms with Gasteiger partial charge in [-0.05, 0) is 36.1 Å². The highest BCUT2D eigenvalue weighted by molar-refractivity contribution is 7.90. The number of ether oxygens (including phenoxy) is 1. The van der Waals surface area contributed by atoms with Crippen LogP contribution in [0.4, 0.5) is 0 Å². The molecule has 1 saturated heterocycles. The zero-order valence-corrected chi connectivity index (χ0v) is 10.8. The zero-order valence-electron chi connectivity index (χ0n) is 10.0. The van der Waals surface area contributed by atoms with Crippen molar-refractivity contribution >= 4 is 9.84 Å². The molecule has 1 aliphatic carbocycles. The summed E-state index contributed by atoms with van der Waals surface area (Å²) in [4.78, 5) is 0. The number of hydrogen-bond donors (Lipinski definition) is 0. The van der Waals surface area contributed by atoms with E-state index < -0.39 is 9.84 Å². The summed E-state index contributed by atoms with van der Waals surface area (Å²) in [6.07, 6.45) is 3.68. The summed E-state index contributed by atoms with van der Waals surface area (Å²) < 4.78 is 31.1. The lowest BCUT2D eigenvalue weighted by Gasteiger charge is -2.09. The monoisotopic (exact) mass is 272 g/mol. The maximum absolute atomic E-state index is 12.1. The van der Waals surface area contributed by atoms with E-state index in [1.54, 1.807) is 4.68 Å². The third-order valence-corrected chi connectivity index (χ3v) is 4.84. The third-order valence-electron chi connectivity index (χ3n) is 3.27. The lowest BCUT2D eigenvalue weighted by molar-refractivity contribution is 0.127. The molecule has 0 unspecified atom stereocenters. The van der Waals surface area contributed by atoms with E-state index in [-0.39, 0.29) is 17.6 Å². The minimum absolute atomic E-state index is 0.0739. The molecule has 1 aromatic heterocycles. The molecule has 18 heavy (non-hydrogen) atoms. The average Bonchev–Trinajstić information content (AvgIpc) is 2.83. The van der Waals surface area contributed by atoms with Gasteiger partial charge in [-0.3, -0.25) is 0 Å². The Balaban J connectivity index is 1.68. The summed E-state index contributed by atoms with van der Waals surface area (Å²) in [5, 5.41) is 11.2. The van der Waals surface area contributed by atoms with E-state index in [1.165, 1.54) is 0 Å². The average molecular weight is 272 g/mol. The Kier molecular flexibility index (Phi) is 3.06. The first-order valence-corrected chi connectivity index (χ1v) is 8.05. The minimum atomic E-state index is -3.20. The van der Waals surface area contributed by atoms with Crippen LogP contribution in [0.1, 0.15) is 37.5 Å². The van der Waals surface area contributed by atoms with Gasteiger partial charge in [0.25, 0.3) is 0 Å². The maximum atomic E-state index is 12.1. The van der Waals surface area contributed by atoms with Crippen molar-refractivity contribution < 1.29 is 13.2 Å². The molecule has 0 bridgehead atoms. The molecule has 2 fully saturated rings. The largest absolute Gasteiger partial charge is 0.377 e.